The number of nitrogens with two attached hydrogens (primary N) is 1. The standard InChI is InChI=1S/C14H30N2/c1-7-12(3)16-11-13(4,5)9-14(6,8-2)10-15/h7-11,15H2,1-6H3. The number of rotatable bonds is 7. The van der Waals surface area contributed by atoms with Crippen LogP contribution >= 0.6 is 0 Å². The zero-order valence-corrected chi connectivity index (χ0v) is 12.1. The molecule has 0 amide bonds. The fourth-order valence-electron chi connectivity index (χ4n) is 2.01. The van der Waals surface area contributed by atoms with E-state index in [4.69, 9.17) is 5.73 Å². The molecule has 16 heavy (non-hydrogen) atoms. The number of nitrogens with zero attached hydrogens (tertiary/aromatic N) is 1. The maximum Gasteiger partial charge on any atom is 0.0439 e. The zero-order valence-electron chi connectivity index (χ0n) is 12.1. The van der Waals surface area contributed by atoms with Crippen molar-refractivity contribution in [2.24, 2.45) is 21.6 Å². The topological polar surface area (TPSA) is 38.4 Å². The molecule has 2 nitrogen and oxygen atoms in total. The van der Waals surface area contributed by atoms with Gasteiger partial charge in [0.1, 0.15) is 0 Å². The lowest BCUT2D eigenvalue weighted by Crippen LogP contribution is -2.33. The summed E-state index contributed by atoms with van der Waals surface area (Å²) in [6.45, 7) is 15.0. The van der Waals surface area contributed by atoms with Gasteiger partial charge in [0.2, 0.25) is 0 Å². The Morgan fingerprint density at radius 2 is 1.75 bits per heavy atom. The third-order valence-corrected chi connectivity index (χ3v) is 3.54. The summed E-state index contributed by atoms with van der Waals surface area (Å²) in [7, 11) is 0. The molecule has 1 unspecified atom stereocenters. The van der Waals surface area contributed by atoms with Crippen molar-refractivity contribution in [3.8, 4) is 0 Å². The van der Waals surface area contributed by atoms with Gasteiger partial charge in [-0.05, 0) is 43.6 Å². The molecule has 0 heterocycles. The molecule has 0 aromatic carbocycles. The van der Waals surface area contributed by atoms with Crippen LogP contribution in [0, 0.1) is 10.8 Å². The van der Waals surface area contributed by atoms with Crippen LogP contribution in [0.2, 0.25) is 0 Å². The Balaban J connectivity index is 4.44. The van der Waals surface area contributed by atoms with Crippen LogP contribution in [0.25, 0.3) is 0 Å². The quantitative estimate of drug-likeness (QED) is 0.661. The van der Waals surface area contributed by atoms with Crippen molar-refractivity contribution in [1.29, 1.82) is 0 Å². The van der Waals surface area contributed by atoms with Crippen molar-refractivity contribution in [3.05, 3.63) is 0 Å². The molecular formula is C14H30N2. The number of hydrogen-bond donors (Lipinski definition) is 1. The van der Waals surface area contributed by atoms with Gasteiger partial charge >= 0.3 is 0 Å². The molecule has 0 aromatic heterocycles. The summed E-state index contributed by atoms with van der Waals surface area (Å²) in [6.07, 6.45) is 3.34. The molecule has 0 radical (unpaired) electrons. The normalized spacial score (nSPS) is 17.3. The van der Waals surface area contributed by atoms with Gasteiger partial charge in [0.25, 0.3) is 0 Å². The van der Waals surface area contributed by atoms with E-state index < -0.39 is 0 Å². The van der Waals surface area contributed by atoms with Crippen LogP contribution in [0.15, 0.2) is 4.99 Å². The second-order valence-electron chi connectivity index (χ2n) is 6.11. The van der Waals surface area contributed by atoms with Crippen molar-refractivity contribution < 1.29 is 0 Å². The maximum absolute atomic E-state index is 5.87. The van der Waals surface area contributed by atoms with Crippen LogP contribution in [0.5, 0.6) is 0 Å². The highest BCUT2D eigenvalue weighted by Crippen LogP contribution is 2.35. The molecular weight excluding hydrogens is 196 g/mol. The molecule has 0 bridgehead atoms. The Morgan fingerprint density at radius 1 is 1.19 bits per heavy atom. The van der Waals surface area contributed by atoms with Crippen LogP contribution in [0.4, 0.5) is 0 Å². The average Bonchev–Trinajstić information content (AvgIpc) is 2.25. The lowest BCUT2D eigenvalue weighted by molar-refractivity contribution is 0.183. The maximum atomic E-state index is 5.87. The molecule has 96 valence electrons. The Bertz CT molecular complexity index is 225. The molecule has 0 rings (SSSR count). The Morgan fingerprint density at radius 3 is 2.12 bits per heavy atom. The van der Waals surface area contributed by atoms with Gasteiger partial charge in [-0.1, -0.05) is 34.6 Å². The van der Waals surface area contributed by atoms with E-state index in [1.54, 1.807) is 0 Å². The molecule has 0 fully saturated rings. The van der Waals surface area contributed by atoms with E-state index in [0.29, 0.717) is 0 Å². The zero-order chi connectivity index (χ0) is 12.8. The molecule has 2 N–H and O–H groups in total. The van der Waals surface area contributed by atoms with Gasteiger partial charge < -0.3 is 5.73 Å². The van der Waals surface area contributed by atoms with Crippen LogP contribution in [0.1, 0.15) is 60.8 Å². The fourth-order valence-corrected chi connectivity index (χ4v) is 2.01. The van der Waals surface area contributed by atoms with Gasteiger partial charge in [-0.15, -0.1) is 0 Å². The predicted molar refractivity (Wildman–Crippen MR) is 74.1 cm³/mol. The van der Waals surface area contributed by atoms with Crippen molar-refractivity contribution in [3.63, 3.8) is 0 Å². The molecule has 0 aliphatic carbocycles. The summed E-state index contributed by atoms with van der Waals surface area (Å²) in [5, 5.41) is 0. The minimum Gasteiger partial charge on any atom is -0.330 e. The van der Waals surface area contributed by atoms with E-state index in [9.17, 15) is 0 Å². The molecule has 2 heteroatoms. The third kappa shape index (κ3) is 5.64. The highest BCUT2D eigenvalue weighted by molar-refractivity contribution is 5.81. The van der Waals surface area contributed by atoms with E-state index >= 15 is 0 Å². The second kappa shape index (κ2) is 6.39. The lowest BCUT2D eigenvalue weighted by atomic mass is 9.72. The molecule has 0 aromatic rings. The first-order valence-corrected chi connectivity index (χ1v) is 6.48. The monoisotopic (exact) mass is 226 g/mol. The van der Waals surface area contributed by atoms with Gasteiger partial charge in [-0.3, -0.25) is 4.99 Å². The van der Waals surface area contributed by atoms with E-state index in [0.717, 1.165) is 32.4 Å². The van der Waals surface area contributed by atoms with Crippen molar-refractivity contribution in [2.75, 3.05) is 13.1 Å². The highest BCUT2D eigenvalue weighted by Gasteiger charge is 2.29. The second-order valence-corrected chi connectivity index (χ2v) is 6.11. The van der Waals surface area contributed by atoms with Crippen LogP contribution in [-0.4, -0.2) is 18.8 Å². The van der Waals surface area contributed by atoms with Crippen molar-refractivity contribution >= 4 is 5.71 Å². The lowest BCUT2D eigenvalue weighted by Gasteiger charge is -2.35. The number of aliphatic imine (C=N–C) groups is 1. The van der Waals surface area contributed by atoms with Gasteiger partial charge in [-0.25, -0.2) is 0 Å². The molecule has 0 aliphatic heterocycles. The van der Waals surface area contributed by atoms with Crippen molar-refractivity contribution in [2.45, 2.75) is 60.8 Å². The molecule has 0 aliphatic rings. The van der Waals surface area contributed by atoms with Crippen LogP contribution < -0.4 is 5.73 Å². The van der Waals surface area contributed by atoms with Crippen molar-refractivity contribution in [1.82, 2.24) is 0 Å². The SMILES string of the molecule is CCC(C)=NCC(C)(C)CC(C)(CC)CN. The smallest absolute Gasteiger partial charge is 0.0439 e. The number of hydrogen-bond acceptors (Lipinski definition) is 2. The Kier molecular flexibility index (Phi) is 6.24. The molecule has 0 saturated carbocycles. The minimum absolute atomic E-state index is 0.251. The Labute approximate surface area is 102 Å². The van der Waals surface area contributed by atoms with Gasteiger partial charge in [0.05, 0.1) is 0 Å². The summed E-state index contributed by atoms with van der Waals surface area (Å²) >= 11 is 0. The summed E-state index contributed by atoms with van der Waals surface area (Å²) < 4.78 is 0. The highest BCUT2D eigenvalue weighted by atomic mass is 14.8. The third-order valence-electron chi connectivity index (χ3n) is 3.54. The van der Waals surface area contributed by atoms with Crippen LogP contribution in [-0.2, 0) is 0 Å². The average molecular weight is 226 g/mol. The van der Waals surface area contributed by atoms with Crippen LogP contribution in [0.3, 0.4) is 0 Å². The molecule has 0 saturated heterocycles. The first kappa shape index (κ1) is 15.6. The largest absolute Gasteiger partial charge is 0.330 e. The summed E-state index contributed by atoms with van der Waals surface area (Å²) in [6, 6.07) is 0. The van der Waals surface area contributed by atoms with E-state index in [1.165, 1.54) is 5.71 Å². The first-order valence-electron chi connectivity index (χ1n) is 6.48. The van der Waals surface area contributed by atoms with Gasteiger partial charge in [-0.2, -0.15) is 0 Å². The first-order chi connectivity index (χ1) is 7.28. The van der Waals surface area contributed by atoms with Gasteiger partial charge in [0, 0.05) is 12.3 Å². The molecule has 0 spiro atoms. The van der Waals surface area contributed by atoms with Gasteiger partial charge in [0.15, 0.2) is 0 Å². The summed E-state index contributed by atoms with van der Waals surface area (Å²) in [5.41, 5.74) is 7.63. The van der Waals surface area contributed by atoms with E-state index in [-0.39, 0.29) is 10.8 Å². The Hall–Kier alpha value is -0.370. The minimum atomic E-state index is 0.251. The summed E-state index contributed by atoms with van der Waals surface area (Å²) in [5.74, 6) is 0. The van der Waals surface area contributed by atoms with E-state index in [1.807, 2.05) is 0 Å². The fraction of sp³-hybridized carbons (Fsp3) is 0.929. The molecule has 1 atom stereocenters. The van der Waals surface area contributed by atoms with E-state index in [2.05, 4.69) is 46.5 Å². The summed E-state index contributed by atoms with van der Waals surface area (Å²) in [4.78, 5) is 4.64. The predicted octanol–water partition coefficient (Wildman–Crippen LogP) is 3.65.